The van der Waals surface area contributed by atoms with Crippen LogP contribution in [0.2, 0.25) is 0 Å². The largest absolute Gasteiger partial charge is 0.478 e. The van der Waals surface area contributed by atoms with E-state index in [2.05, 4.69) is 15.9 Å². The van der Waals surface area contributed by atoms with Gasteiger partial charge in [0, 0.05) is 23.7 Å². The molecule has 2 rings (SSSR count). The lowest BCUT2D eigenvalue weighted by Gasteiger charge is -2.24. The van der Waals surface area contributed by atoms with Crippen molar-refractivity contribution < 1.29 is 19.4 Å². The van der Waals surface area contributed by atoms with E-state index in [4.69, 9.17) is 9.84 Å². The fourth-order valence-corrected chi connectivity index (χ4v) is 2.96. The summed E-state index contributed by atoms with van der Waals surface area (Å²) in [6, 6.07) is 4.62. The Morgan fingerprint density at radius 1 is 1.40 bits per heavy atom. The normalized spacial score (nSPS) is 18.3. The highest BCUT2D eigenvalue weighted by Crippen LogP contribution is 2.23. The summed E-state index contributed by atoms with van der Waals surface area (Å²) in [7, 11) is 1.61. The van der Waals surface area contributed by atoms with Crippen LogP contribution in [0.15, 0.2) is 22.7 Å². The molecular formula is C14H16BrNO4. The number of rotatable bonds is 4. The van der Waals surface area contributed by atoms with E-state index in [0.29, 0.717) is 23.2 Å². The molecule has 1 N–H and O–H groups in total. The number of hydrogen-bond acceptors (Lipinski definition) is 3. The van der Waals surface area contributed by atoms with Gasteiger partial charge in [-0.2, -0.15) is 0 Å². The Kier molecular flexibility index (Phi) is 4.77. The van der Waals surface area contributed by atoms with Crippen molar-refractivity contribution in [2.75, 3.05) is 20.3 Å². The maximum atomic E-state index is 12.5. The topological polar surface area (TPSA) is 66.8 Å². The Hall–Kier alpha value is -1.40. The van der Waals surface area contributed by atoms with Gasteiger partial charge in [0.1, 0.15) is 0 Å². The number of halogens is 1. The number of amides is 1. The minimum absolute atomic E-state index is 0.0692. The van der Waals surface area contributed by atoms with Gasteiger partial charge in [0.25, 0.3) is 5.91 Å². The van der Waals surface area contributed by atoms with Crippen molar-refractivity contribution in [2.24, 2.45) is 0 Å². The molecule has 0 bridgehead atoms. The Morgan fingerprint density at radius 2 is 2.10 bits per heavy atom. The molecule has 0 radical (unpaired) electrons. The summed E-state index contributed by atoms with van der Waals surface area (Å²) < 4.78 is 5.72. The van der Waals surface area contributed by atoms with Crippen LogP contribution in [0, 0.1) is 0 Å². The molecule has 1 heterocycles. The first-order valence-electron chi connectivity index (χ1n) is 6.36. The Bertz CT molecular complexity index is 532. The number of likely N-dealkylation sites (tertiary alicyclic amines) is 1. The summed E-state index contributed by atoms with van der Waals surface area (Å²) in [6.07, 6.45) is 1.86. The van der Waals surface area contributed by atoms with E-state index in [-0.39, 0.29) is 17.5 Å². The second-order valence-electron chi connectivity index (χ2n) is 4.78. The van der Waals surface area contributed by atoms with Crippen LogP contribution in [-0.2, 0) is 4.74 Å². The molecule has 1 saturated heterocycles. The fraction of sp³-hybridized carbons (Fsp3) is 0.429. The van der Waals surface area contributed by atoms with Gasteiger partial charge in [-0.1, -0.05) is 15.9 Å². The zero-order chi connectivity index (χ0) is 14.7. The predicted molar refractivity (Wildman–Crippen MR) is 77.0 cm³/mol. The molecule has 1 unspecified atom stereocenters. The van der Waals surface area contributed by atoms with Crippen molar-refractivity contribution in [3.63, 3.8) is 0 Å². The number of carboxylic acid groups (broad SMARTS) is 1. The average Bonchev–Trinajstić information content (AvgIpc) is 2.85. The van der Waals surface area contributed by atoms with Gasteiger partial charge in [0.05, 0.1) is 18.2 Å². The Morgan fingerprint density at radius 3 is 2.75 bits per heavy atom. The maximum Gasteiger partial charge on any atom is 0.335 e. The van der Waals surface area contributed by atoms with Crippen LogP contribution in [-0.4, -0.2) is 48.2 Å². The molecule has 1 aliphatic rings. The first kappa shape index (κ1) is 15.0. The molecule has 1 amide bonds. The van der Waals surface area contributed by atoms with Crippen LogP contribution < -0.4 is 0 Å². The number of benzene rings is 1. The van der Waals surface area contributed by atoms with E-state index in [1.165, 1.54) is 12.1 Å². The lowest BCUT2D eigenvalue weighted by Crippen LogP contribution is -2.38. The molecule has 1 aromatic carbocycles. The quantitative estimate of drug-likeness (QED) is 0.913. The third kappa shape index (κ3) is 3.19. The molecule has 6 heteroatoms. The zero-order valence-electron chi connectivity index (χ0n) is 11.1. The van der Waals surface area contributed by atoms with Gasteiger partial charge < -0.3 is 14.7 Å². The third-order valence-electron chi connectivity index (χ3n) is 3.39. The summed E-state index contributed by atoms with van der Waals surface area (Å²) >= 11 is 3.25. The van der Waals surface area contributed by atoms with Gasteiger partial charge in [0.2, 0.25) is 0 Å². The average molecular weight is 342 g/mol. The molecule has 1 aromatic rings. The van der Waals surface area contributed by atoms with Gasteiger partial charge in [-0.15, -0.1) is 0 Å². The van der Waals surface area contributed by atoms with Crippen LogP contribution in [0.25, 0.3) is 0 Å². The molecule has 1 fully saturated rings. The second kappa shape index (κ2) is 6.37. The predicted octanol–water partition coefficient (Wildman–Crippen LogP) is 2.40. The first-order chi connectivity index (χ1) is 9.52. The van der Waals surface area contributed by atoms with Crippen LogP contribution in [0.1, 0.15) is 33.6 Å². The maximum absolute atomic E-state index is 12.5. The summed E-state index contributed by atoms with van der Waals surface area (Å²) in [4.78, 5) is 25.3. The molecule has 108 valence electrons. The van der Waals surface area contributed by atoms with Crippen molar-refractivity contribution in [3.05, 3.63) is 33.8 Å². The van der Waals surface area contributed by atoms with Crippen molar-refractivity contribution in [3.8, 4) is 0 Å². The lowest BCUT2D eigenvalue weighted by molar-refractivity contribution is 0.0630. The second-order valence-corrected chi connectivity index (χ2v) is 5.70. The number of aromatic carboxylic acids is 1. The van der Waals surface area contributed by atoms with Gasteiger partial charge in [-0.05, 0) is 31.0 Å². The van der Waals surface area contributed by atoms with Gasteiger partial charge in [0.15, 0.2) is 0 Å². The van der Waals surface area contributed by atoms with Crippen LogP contribution in [0.4, 0.5) is 0 Å². The number of carbonyl (C=O) groups excluding carboxylic acids is 1. The van der Waals surface area contributed by atoms with Crippen LogP contribution in [0.5, 0.6) is 0 Å². The van der Waals surface area contributed by atoms with Gasteiger partial charge in [-0.25, -0.2) is 4.79 Å². The highest BCUT2D eigenvalue weighted by Gasteiger charge is 2.29. The number of ether oxygens (including phenoxy) is 1. The summed E-state index contributed by atoms with van der Waals surface area (Å²) in [5, 5.41) is 9.05. The van der Waals surface area contributed by atoms with E-state index < -0.39 is 5.97 Å². The van der Waals surface area contributed by atoms with E-state index in [1.807, 2.05) is 0 Å². The van der Waals surface area contributed by atoms with Crippen molar-refractivity contribution in [1.29, 1.82) is 0 Å². The Balaban J connectivity index is 2.26. The standard InChI is InChI=1S/C14H16BrNO4/c1-20-8-12-3-2-4-16(12)13(17)9-5-10(14(18)19)7-11(15)6-9/h5-7,12H,2-4,8H2,1H3,(H,18,19). The minimum atomic E-state index is -1.05. The molecule has 20 heavy (non-hydrogen) atoms. The molecule has 1 aliphatic heterocycles. The monoisotopic (exact) mass is 341 g/mol. The summed E-state index contributed by atoms with van der Waals surface area (Å²) in [5.74, 6) is -1.19. The first-order valence-corrected chi connectivity index (χ1v) is 7.16. The molecule has 1 atom stereocenters. The molecule has 5 nitrogen and oxygen atoms in total. The van der Waals surface area contributed by atoms with Crippen molar-refractivity contribution >= 4 is 27.8 Å². The summed E-state index contributed by atoms with van der Waals surface area (Å²) in [6.45, 7) is 1.19. The van der Waals surface area contributed by atoms with Crippen molar-refractivity contribution in [1.82, 2.24) is 4.90 Å². The van der Waals surface area contributed by atoms with Crippen molar-refractivity contribution in [2.45, 2.75) is 18.9 Å². The Labute approximate surface area is 125 Å². The SMILES string of the molecule is COCC1CCCN1C(=O)c1cc(Br)cc(C(=O)O)c1. The number of hydrogen-bond donors (Lipinski definition) is 1. The molecule has 0 aliphatic carbocycles. The number of carboxylic acids is 1. The van der Waals surface area contributed by atoms with Gasteiger partial charge >= 0.3 is 5.97 Å². The molecule has 0 spiro atoms. The van der Waals surface area contributed by atoms with E-state index >= 15 is 0 Å². The minimum Gasteiger partial charge on any atom is -0.478 e. The van der Waals surface area contributed by atoms with Crippen LogP contribution >= 0.6 is 15.9 Å². The fourth-order valence-electron chi connectivity index (χ4n) is 2.47. The van der Waals surface area contributed by atoms with E-state index in [9.17, 15) is 9.59 Å². The number of nitrogens with zero attached hydrogens (tertiary/aromatic N) is 1. The van der Waals surface area contributed by atoms with E-state index in [0.717, 1.165) is 12.8 Å². The smallest absolute Gasteiger partial charge is 0.335 e. The lowest BCUT2D eigenvalue weighted by atomic mass is 10.1. The molecule has 0 saturated carbocycles. The summed E-state index contributed by atoms with van der Waals surface area (Å²) in [5.41, 5.74) is 0.491. The zero-order valence-corrected chi connectivity index (χ0v) is 12.7. The molecule has 0 aromatic heterocycles. The number of methoxy groups -OCH3 is 1. The van der Waals surface area contributed by atoms with Gasteiger partial charge in [-0.3, -0.25) is 4.79 Å². The highest BCUT2D eigenvalue weighted by atomic mass is 79.9. The number of carbonyl (C=O) groups is 2. The molecular weight excluding hydrogens is 326 g/mol. The third-order valence-corrected chi connectivity index (χ3v) is 3.85. The van der Waals surface area contributed by atoms with Crippen LogP contribution in [0.3, 0.4) is 0 Å². The van der Waals surface area contributed by atoms with E-state index in [1.54, 1.807) is 18.1 Å². The highest BCUT2D eigenvalue weighted by molar-refractivity contribution is 9.10.